The zero-order valence-corrected chi connectivity index (χ0v) is 7.99. The van der Waals surface area contributed by atoms with Crippen LogP contribution >= 0.6 is 11.6 Å². The third-order valence-electron chi connectivity index (χ3n) is 1.89. The van der Waals surface area contributed by atoms with E-state index < -0.39 is 12.0 Å². The van der Waals surface area contributed by atoms with E-state index in [9.17, 15) is 5.11 Å². The largest absolute Gasteiger partial charge is 0.387 e. The topological polar surface area (TPSA) is 44.0 Å². The summed E-state index contributed by atoms with van der Waals surface area (Å²) in [5.41, 5.74) is 0.721. The maximum Gasteiger partial charge on any atom is 0.0945 e. The summed E-state index contributed by atoms with van der Waals surface area (Å²) in [5.74, 6) is -0.402. The summed E-state index contributed by atoms with van der Waals surface area (Å²) in [6.07, 6.45) is -0.734. The molecule has 1 rings (SSSR count). The Morgan fingerprint density at radius 2 is 1.92 bits per heavy atom. The van der Waals surface area contributed by atoms with Gasteiger partial charge in [0, 0.05) is 5.02 Å². The second-order valence-electron chi connectivity index (χ2n) is 2.91. The molecule has 13 heavy (non-hydrogen) atoms. The number of hydrogen-bond donors (Lipinski definition) is 1. The number of aliphatic hydroxyl groups excluding tert-OH is 1. The second kappa shape index (κ2) is 4.27. The van der Waals surface area contributed by atoms with Crippen LogP contribution in [0.25, 0.3) is 0 Å². The zero-order chi connectivity index (χ0) is 9.84. The minimum atomic E-state index is -0.734. The highest BCUT2D eigenvalue weighted by Crippen LogP contribution is 2.22. The van der Waals surface area contributed by atoms with E-state index in [-0.39, 0.29) is 0 Å². The molecule has 0 fully saturated rings. The van der Waals surface area contributed by atoms with E-state index in [0.29, 0.717) is 5.02 Å². The highest BCUT2D eigenvalue weighted by Gasteiger charge is 2.14. The lowest BCUT2D eigenvalue weighted by atomic mass is 9.99. The van der Waals surface area contributed by atoms with Gasteiger partial charge in [0.25, 0.3) is 0 Å². The minimum absolute atomic E-state index is 0.402. The molecule has 0 spiro atoms. The molecule has 0 heterocycles. The highest BCUT2D eigenvalue weighted by molar-refractivity contribution is 6.30. The summed E-state index contributed by atoms with van der Waals surface area (Å²) in [5, 5.41) is 18.8. The third kappa shape index (κ3) is 2.45. The Balaban J connectivity index is 2.84. The van der Waals surface area contributed by atoms with Crippen molar-refractivity contribution in [2.45, 2.75) is 13.0 Å². The smallest absolute Gasteiger partial charge is 0.0945 e. The molecular formula is C10H10ClNO. The van der Waals surface area contributed by atoms with Gasteiger partial charge in [-0.15, -0.1) is 0 Å². The van der Waals surface area contributed by atoms with Crippen molar-refractivity contribution in [3.05, 3.63) is 34.9 Å². The average molecular weight is 196 g/mol. The van der Waals surface area contributed by atoms with E-state index in [2.05, 4.69) is 0 Å². The van der Waals surface area contributed by atoms with E-state index in [1.807, 2.05) is 6.07 Å². The first-order chi connectivity index (χ1) is 6.15. The molecule has 1 aromatic carbocycles. The van der Waals surface area contributed by atoms with Gasteiger partial charge in [-0.1, -0.05) is 23.7 Å². The fraction of sp³-hybridized carbons (Fsp3) is 0.300. The van der Waals surface area contributed by atoms with Crippen LogP contribution in [0.1, 0.15) is 18.6 Å². The van der Waals surface area contributed by atoms with Crippen molar-refractivity contribution in [2.75, 3.05) is 0 Å². The van der Waals surface area contributed by atoms with Crippen molar-refractivity contribution in [1.82, 2.24) is 0 Å². The summed E-state index contributed by atoms with van der Waals surface area (Å²) in [6, 6.07) is 8.84. The molecule has 1 N–H and O–H groups in total. The van der Waals surface area contributed by atoms with Crippen LogP contribution in [0.4, 0.5) is 0 Å². The SMILES string of the molecule is CC(C#N)C(O)c1ccc(Cl)cc1. The number of nitrogens with zero attached hydrogens (tertiary/aromatic N) is 1. The van der Waals surface area contributed by atoms with Crippen molar-refractivity contribution in [3.8, 4) is 6.07 Å². The van der Waals surface area contributed by atoms with Gasteiger partial charge in [-0.2, -0.15) is 5.26 Å². The molecule has 0 aliphatic carbocycles. The van der Waals surface area contributed by atoms with E-state index in [4.69, 9.17) is 16.9 Å². The van der Waals surface area contributed by atoms with Gasteiger partial charge in [0.1, 0.15) is 0 Å². The van der Waals surface area contributed by atoms with Crippen LogP contribution in [0.5, 0.6) is 0 Å². The summed E-state index contributed by atoms with van der Waals surface area (Å²) in [7, 11) is 0. The fourth-order valence-corrected chi connectivity index (χ4v) is 1.15. The predicted octanol–water partition coefficient (Wildman–Crippen LogP) is 2.53. The van der Waals surface area contributed by atoms with Crippen LogP contribution in [0, 0.1) is 17.2 Å². The Bertz CT molecular complexity index is 315. The molecule has 2 unspecified atom stereocenters. The monoisotopic (exact) mass is 195 g/mol. The highest BCUT2D eigenvalue weighted by atomic mass is 35.5. The Hall–Kier alpha value is -1.04. The number of nitriles is 1. The minimum Gasteiger partial charge on any atom is -0.387 e. The number of aliphatic hydroxyl groups is 1. The number of benzene rings is 1. The molecule has 0 amide bonds. The standard InChI is InChI=1S/C10H10ClNO/c1-7(6-12)10(13)8-2-4-9(11)5-3-8/h2-5,7,10,13H,1H3. The van der Waals surface area contributed by atoms with Gasteiger partial charge < -0.3 is 5.11 Å². The Morgan fingerprint density at radius 1 is 1.38 bits per heavy atom. The molecule has 0 bridgehead atoms. The molecule has 2 atom stereocenters. The molecule has 0 saturated heterocycles. The van der Waals surface area contributed by atoms with Crippen LogP contribution in [-0.4, -0.2) is 5.11 Å². The molecule has 0 radical (unpaired) electrons. The van der Waals surface area contributed by atoms with Crippen LogP contribution < -0.4 is 0 Å². The lowest BCUT2D eigenvalue weighted by molar-refractivity contribution is 0.143. The number of hydrogen-bond acceptors (Lipinski definition) is 2. The van der Waals surface area contributed by atoms with Gasteiger partial charge in [-0.05, 0) is 24.6 Å². The van der Waals surface area contributed by atoms with Gasteiger partial charge in [0.15, 0.2) is 0 Å². The summed E-state index contributed by atoms with van der Waals surface area (Å²) >= 11 is 5.68. The average Bonchev–Trinajstić information content (AvgIpc) is 2.17. The molecule has 0 aliphatic heterocycles. The first kappa shape index (κ1) is 10.0. The Kier molecular flexibility index (Phi) is 3.30. The van der Waals surface area contributed by atoms with E-state index in [0.717, 1.165) is 5.56 Å². The normalized spacial score (nSPS) is 14.6. The quantitative estimate of drug-likeness (QED) is 0.788. The number of halogens is 1. The molecule has 2 nitrogen and oxygen atoms in total. The molecule has 0 saturated carbocycles. The van der Waals surface area contributed by atoms with Gasteiger partial charge in [-0.25, -0.2) is 0 Å². The van der Waals surface area contributed by atoms with Crippen LogP contribution in [0.15, 0.2) is 24.3 Å². The van der Waals surface area contributed by atoms with Gasteiger partial charge in [-0.3, -0.25) is 0 Å². The van der Waals surface area contributed by atoms with Crippen molar-refractivity contribution >= 4 is 11.6 Å². The lowest BCUT2D eigenvalue weighted by Crippen LogP contribution is -2.06. The molecule has 0 aromatic heterocycles. The fourth-order valence-electron chi connectivity index (χ4n) is 1.02. The third-order valence-corrected chi connectivity index (χ3v) is 2.14. The van der Waals surface area contributed by atoms with Crippen molar-refractivity contribution in [3.63, 3.8) is 0 Å². The van der Waals surface area contributed by atoms with E-state index >= 15 is 0 Å². The van der Waals surface area contributed by atoms with Crippen LogP contribution in [0.3, 0.4) is 0 Å². The summed E-state index contributed by atoms with van der Waals surface area (Å²) in [4.78, 5) is 0. The molecule has 0 aliphatic rings. The zero-order valence-electron chi connectivity index (χ0n) is 7.24. The van der Waals surface area contributed by atoms with Crippen molar-refractivity contribution in [1.29, 1.82) is 5.26 Å². The van der Waals surface area contributed by atoms with Crippen LogP contribution in [-0.2, 0) is 0 Å². The van der Waals surface area contributed by atoms with Gasteiger partial charge >= 0.3 is 0 Å². The maximum atomic E-state index is 9.61. The number of rotatable bonds is 2. The Labute approximate surface area is 82.4 Å². The predicted molar refractivity (Wildman–Crippen MR) is 51.2 cm³/mol. The lowest BCUT2D eigenvalue weighted by Gasteiger charge is -2.12. The summed E-state index contributed by atoms with van der Waals surface area (Å²) in [6.45, 7) is 1.68. The van der Waals surface area contributed by atoms with Gasteiger partial charge in [0.05, 0.1) is 18.1 Å². The molecule has 1 aromatic rings. The molecule has 68 valence electrons. The molecule has 3 heteroatoms. The Morgan fingerprint density at radius 3 is 2.38 bits per heavy atom. The van der Waals surface area contributed by atoms with Crippen LogP contribution in [0.2, 0.25) is 5.02 Å². The van der Waals surface area contributed by atoms with E-state index in [1.54, 1.807) is 31.2 Å². The first-order valence-corrected chi connectivity index (χ1v) is 4.36. The van der Waals surface area contributed by atoms with Gasteiger partial charge in [0.2, 0.25) is 0 Å². The maximum absolute atomic E-state index is 9.61. The summed E-state index contributed by atoms with van der Waals surface area (Å²) < 4.78 is 0. The first-order valence-electron chi connectivity index (χ1n) is 3.98. The second-order valence-corrected chi connectivity index (χ2v) is 3.35. The van der Waals surface area contributed by atoms with Crippen molar-refractivity contribution in [2.24, 2.45) is 5.92 Å². The van der Waals surface area contributed by atoms with Crippen molar-refractivity contribution < 1.29 is 5.11 Å². The van der Waals surface area contributed by atoms with E-state index in [1.165, 1.54) is 0 Å². The molecular weight excluding hydrogens is 186 g/mol.